The van der Waals surface area contributed by atoms with Gasteiger partial charge in [0.25, 0.3) is 11.8 Å². The molecule has 174 valence electrons. The maximum Gasteiger partial charge on any atom is 0.261 e. The number of aryl methyl sites for hydroxylation is 2. The number of aromatic nitrogens is 2. The van der Waals surface area contributed by atoms with E-state index in [2.05, 4.69) is 20.6 Å². The Labute approximate surface area is 199 Å². The van der Waals surface area contributed by atoms with Crippen LogP contribution in [0.2, 0.25) is 0 Å². The monoisotopic (exact) mass is 468 g/mol. The van der Waals surface area contributed by atoms with Crippen molar-refractivity contribution in [2.75, 3.05) is 10.6 Å². The standard InChI is InChI=1S/C27H21FN4O3/c1-14-9-15(2)30-23(14)11-20-19-8-7-18(10-24(19)32-26(20)34)31-27(35)22-13-29-12-21(25(22)33)16-3-5-17(28)6-4-16/h3-13,30H,1-2H3,(H,29,33)(H,31,35)(H,32,34)/b20-11-. The predicted octanol–water partition coefficient (Wildman–Crippen LogP) is 4.87. The summed E-state index contributed by atoms with van der Waals surface area (Å²) in [4.78, 5) is 44.5. The first-order chi connectivity index (χ1) is 16.8. The zero-order valence-corrected chi connectivity index (χ0v) is 19.0. The van der Waals surface area contributed by atoms with Crippen LogP contribution in [0.15, 0.2) is 65.7 Å². The van der Waals surface area contributed by atoms with Crippen molar-refractivity contribution in [3.63, 3.8) is 0 Å². The molecule has 1 aliphatic heterocycles. The Hall–Kier alpha value is -4.72. The van der Waals surface area contributed by atoms with Crippen molar-refractivity contribution >= 4 is 34.8 Å². The lowest BCUT2D eigenvalue weighted by atomic mass is 10.0. The summed E-state index contributed by atoms with van der Waals surface area (Å²) in [7, 11) is 0. The van der Waals surface area contributed by atoms with Gasteiger partial charge in [-0.3, -0.25) is 14.4 Å². The highest BCUT2D eigenvalue weighted by atomic mass is 19.1. The van der Waals surface area contributed by atoms with Crippen LogP contribution in [0.25, 0.3) is 22.8 Å². The Morgan fingerprint density at radius 2 is 1.74 bits per heavy atom. The number of hydrogen-bond acceptors (Lipinski definition) is 3. The summed E-state index contributed by atoms with van der Waals surface area (Å²) in [6.45, 7) is 3.92. The van der Waals surface area contributed by atoms with Crippen molar-refractivity contribution < 1.29 is 14.0 Å². The van der Waals surface area contributed by atoms with Crippen LogP contribution in [0.1, 0.15) is 32.9 Å². The van der Waals surface area contributed by atoms with Gasteiger partial charge in [-0.05, 0) is 61.4 Å². The number of fused-ring (bicyclic) bond motifs is 1. The highest BCUT2D eigenvalue weighted by molar-refractivity contribution is 6.35. The van der Waals surface area contributed by atoms with Crippen molar-refractivity contribution in [3.05, 3.63) is 105 Å². The minimum atomic E-state index is -0.604. The smallest absolute Gasteiger partial charge is 0.261 e. The molecule has 4 aromatic rings. The number of nitrogens with one attached hydrogen (secondary N) is 4. The number of anilines is 2. The Bertz CT molecular complexity index is 1580. The quantitative estimate of drug-likeness (QED) is 0.321. The van der Waals surface area contributed by atoms with E-state index in [1.807, 2.05) is 26.0 Å². The fourth-order valence-electron chi connectivity index (χ4n) is 4.15. The zero-order valence-electron chi connectivity index (χ0n) is 19.0. The molecule has 8 heteroatoms. The Balaban J connectivity index is 1.41. The van der Waals surface area contributed by atoms with Crippen molar-refractivity contribution in [2.45, 2.75) is 13.8 Å². The molecule has 0 saturated carbocycles. The summed E-state index contributed by atoms with van der Waals surface area (Å²) in [6, 6.07) is 12.5. The maximum atomic E-state index is 13.2. The molecular formula is C27H21FN4O3. The van der Waals surface area contributed by atoms with Crippen LogP contribution in [0.5, 0.6) is 0 Å². The summed E-state index contributed by atoms with van der Waals surface area (Å²) < 4.78 is 13.2. The highest BCUT2D eigenvalue weighted by Crippen LogP contribution is 2.35. The lowest BCUT2D eigenvalue weighted by Gasteiger charge is -2.08. The van der Waals surface area contributed by atoms with Gasteiger partial charge in [0, 0.05) is 40.6 Å². The summed E-state index contributed by atoms with van der Waals surface area (Å²) in [5.41, 5.74) is 5.30. The number of hydrogen-bond donors (Lipinski definition) is 4. The summed E-state index contributed by atoms with van der Waals surface area (Å²) in [6.07, 6.45) is 4.60. The molecule has 0 bridgehead atoms. The normalized spacial score (nSPS) is 13.6. The van der Waals surface area contributed by atoms with Gasteiger partial charge in [0.2, 0.25) is 5.43 Å². The molecule has 0 radical (unpaired) electrons. The van der Waals surface area contributed by atoms with E-state index >= 15 is 0 Å². The number of carbonyl (C=O) groups excluding carboxylic acids is 2. The van der Waals surface area contributed by atoms with Crippen molar-refractivity contribution in [1.29, 1.82) is 0 Å². The molecule has 3 heterocycles. The van der Waals surface area contributed by atoms with Crippen LogP contribution in [0.4, 0.5) is 15.8 Å². The molecule has 0 aliphatic carbocycles. The molecule has 4 N–H and O–H groups in total. The van der Waals surface area contributed by atoms with Gasteiger partial charge in [0.05, 0.1) is 11.3 Å². The highest BCUT2D eigenvalue weighted by Gasteiger charge is 2.25. The van der Waals surface area contributed by atoms with Crippen LogP contribution in [0, 0.1) is 19.7 Å². The minimum absolute atomic E-state index is 0.0884. The van der Waals surface area contributed by atoms with E-state index in [1.165, 1.54) is 36.7 Å². The van der Waals surface area contributed by atoms with Crippen molar-refractivity contribution in [2.24, 2.45) is 0 Å². The van der Waals surface area contributed by atoms with E-state index in [4.69, 9.17) is 0 Å². The fraction of sp³-hybridized carbons (Fsp3) is 0.0741. The van der Waals surface area contributed by atoms with Gasteiger partial charge in [-0.15, -0.1) is 0 Å². The second-order valence-electron chi connectivity index (χ2n) is 8.39. The van der Waals surface area contributed by atoms with E-state index < -0.39 is 17.2 Å². The number of carbonyl (C=O) groups is 2. The third kappa shape index (κ3) is 4.17. The van der Waals surface area contributed by atoms with Gasteiger partial charge >= 0.3 is 0 Å². The van der Waals surface area contributed by atoms with Crippen LogP contribution >= 0.6 is 0 Å². The van der Waals surface area contributed by atoms with Crippen LogP contribution in [0.3, 0.4) is 0 Å². The number of amides is 2. The second kappa shape index (κ2) is 8.57. The number of benzene rings is 2. The Morgan fingerprint density at radius 3 is 2.46 bits per heavy atom. The molecule has 7 nitrogen and oxygen atoms in total. The molecule has 35 heavy (non-hydrogen) atoms. The second-order valence-corrected chi connectivity index (χ2v) is 8.39. The van der Waals surface area contributed by atoms with Gasteiger partial charge in [0.15, 0.2) is 0 Å². The largest absolute Gasteiger partial charge is 0.366 e. The molecule has 0 spiro atoms. The van der Waals surface area contributed by atoms with Gasteiger partial charge in [-0.25, -0.2) is 4.39 Å². The number of pyridine rings is 1. The molecular weight excluding hydrogens is 447 g/mol. The topological polar surface area (TPSA) is 107 Å². The first kappa shape index (κ1) is 22.1. The average molecular weight is 468 g/mol. The Kier molecular flexibility index (Phi) is 5.41. The number of H-pyrrole nitrogens is 2. The molecule has 2 aromatic carbocycles. The molecule has 5 rings (SSSR count). The first-order valence-electron chi connectivity index (χ1n) is 10.9. The van der Waals surface area contributed by atoms with Gasteiger partial charge < -0.3 is 20.6 Å². The number of halogens is 1. The van der Waals surface area contributed by atoms with Crippen LogP contribution < -0.4 is 16.1 Å². The summed E-state index contributed by atoms with van der Waals surface area (Å²) in [5.74, 6) is -1.26. The first-order valence-corrected chi connectivity index (χ1v) is 10.9. The lowest BCUT2D eigenvalue weighted by molar-refractivity contribution is -0.110. The molecule has 2 aromatic heterocycles. The number of aromatic amines is 2. The van der Waals surface area contributed by atoms with Crippen LogP contribution in [-0.4, -0.2) is 21.8 Å². The summed E-state index contributed by atoms with van der Waals surface area (Å²) >= 11 is 0. The van der Waals surface area contributed by atoms with E-state index in [1.54, 1.807) is 18.2 Å². The average Bonchev–Trinajstić information content (AvgIpc) is 3.31. The fourth-order valence-corrected chi connectivity index (χ4v) is 4.15. The van der Waals surface area contributed by atoms with Gasteiger partial charge in [-0.2, -0.15) is 0 Å². The van der Waals surface area contributed by atoms with Crippen LogP contribution in [-0.2, 0) is 4.79 Å². The summed E-state index contributed by atoms with van der Waals surface area (Å²) in [5, 5.41) is 5.54. The van der Waals surface area contributed by atoms with E-state index in [9.17, 15) is 18.8 Å². The van der Waals surface area contributed by atoms with E-state index in [0.717, 1.165) is 22.5 Å². The van der Waals surface area contributed by atoms with E-state index in [0.29, 0.717) is 22.5 Å². The van der Waals surface area contributed by atoms with Gasteiger partial charge in [-0.1, -0.05) is 18.2 Å². The molecule has 2 amide bonds. The van der Waals surface area contributed by atoms with Crippen molar-refractivity contribution in [1.82, 2.24) is 9.97 Å². The molecule has 0 fully saturated rings. The Morgan fingerprint density at radius 1 is 0.971 bits per heavy atom. The molecule has 0 atom stereocenters. The predicted molar refractivity (Wildman–Crippen MR) is 134 cm³/mol. The van der Waals surface area contributed by atoms with Gasteiger partial charge in [0.1, 0.15) is 11.4 Å². The SMILES string of the molecule is Cc1cc(C)c(/C=C2\C(=O)Nc3cc(NC(=O)c4c[nH]cc(-c5ccc(F)cc5)c4=O)ccc32)[nH]1. The molecule has 0 unspecified atom stereocenters. The van der Waals surface area contributed by atoms with E-state index in [-0.39, 0.29) is 17.0 Å². The lowest BCUT2D eigenvalue weighted by Crippen LogP contribution is -2.22. The minimum Gasteiger partial charge on any atom is -0.366 e. The molecule has 0 saturated heterocycles. The molecule has 1 aliphatic rings. The third-order valence-corrected chi connectivity index (χ3v) is 5.88. The zero-order chi connectivity index (χ0) is 24.7. The maximum absolute atomic E-state index is 13.2. The number of rotatable bonds is 4. The van der Waals surface area contributed by atoms with Crippen molar-refractivity contribution in [3.8, 4) is 11.1 Å². The third-order valence-electron chi connectivity index (χ3n) is 5.88.